The van der Waals surface area contributed by atoms with E-state index < -0.39 is 9.84 Å². The second kappa shape index (κ2) is 2.86. The van der Waals surface area contributed by atoms with E-state index in [2.05, 4.69) is 4.90 Å². The number of hydrogen-bond acceptors (Lipinski definition) is 3. The molecule has 0 aliphatic carbocycles. The summed E-state index contributed by atoms with van der Waals surface area (Å²) in [6.45, 7) is 1.54. The predicted molar refractivity (Wildman–Crippen MR) is 48.3 cm³/mol. The molecule has 0 aromatic carbocycles. The zero-order chi connectivity index (χ0) is 8.77. The maximum Gasteiger partial charge on any atom is 0.156 e. The van der Waals surface area contributed by atoms with Crippen LogP contribution in [0.2, 0.25) is 0 Å². The van der Waals surface area contributed by atoms with Gasteiger partial charge in [-0.3, -0.25) is 4.90 Å². The Kier molecular flexibility index (Phi) is 2.09. The highest BCUT2D eigenvalue weighted by molar-refractivity contribution is 7.92. The fourth-order valence-electron chi connectivity index (χ4n) is 2.16. The first kappa shape index (κ1) is 8.78. The van der Waals surface area contributed by atoms with Gasteiger partial charge in [0.2, 0.25) is 0 Å². The Morgan fingerprint density at radius 2 is 2.25 bits per heavy atom. The van der Waals surface area contributed by atoms with E-state index in [9.17, 15) is 8.42 Å². The summed E-state index contributed by atoms with van der Waals surface area (Å²) in [4.78, 5) is 2.19. The van der Waals surface area contributed by atoms with Crippen LogP contribution in [0.5, 0.6) is 0 Å². The highest BCUT2D eigenvalue weighted by Gasteiger charge is 2.47. The number of hydrogen-bond donors (Lipinski definition) is 0. The van der Waals surface area contributed by atoms with Crippen LogP contribution in [0.25, 0.3) is 0 Å². The average molecular weight is 210 g/mol. The van der Waals surface area contributed by atoms with Gasteiger partial charge in [-0.15, -0.1) is 11.6 Å². The summed E-state index contributed by atoms with van der Waals surface area (Å²) in [7, 11) is -2.72. The van der Waals surface area contributed by atoms with Crippen molar-refractivity contribution in [2.75, 3.05) is 24.7 Å². The number of sulfone groups is 1. The Morgan fingerprint density at radius 3 is 2.67 bits per heavy atom. The second-order valence-corrected chi connectivity index (χ2v) is 6.23. The summed E-state index contributed by atoms with van der Waals surface area (Å²) in [6.07, 6.45) is 0.833. The molecule has 2 fully saturated rings. The van der Waals surface area contributed by atoms with Crippen LogP contribution >= 0.6 is 11.6 Å². The van der Waals surface area contributed by atoms with Crippen LogP contribution < -0.4 is 0 Å². The fraction of sp³-hybridized carbons (Fsp3) is 1.00. The van der Waals surface area contributed by atoms with Gasteiger partial charge >= 0.3 is 0 Å². The summed E-state index contributed by atoms with van der Waals surface area (Å²) in [6, 6.07) is 0.263. The monoisotopic (exact) mass is 209 g/mol. The van der Waals surface area contributed by atoms with E-state index in [-0.39, 0.29) is 11.3 Å². The lowest BCUT2D eigenvalue weighted by Crippen LogP contribution is -2.41. The van der Waals surface area contributed by atoms with Crippen molar-refractivity contribution in [1.29, 1.82) is 0 Å². The minimum atomic E-state index is -2.72. The van der Waals surface area contributed by atoms with Crippen LogP contribution in [0.3, 0.4) is 0 Å². The van der Waals surface area contributed by atoms with Crippen LogP contribution in [0, 0.1) is 0 Å². The first-order chi connectivity index (χ1) is 5.63. The summed E-state index contributed by atoms with van der Waals surface area (Å²) in [5.74, 6) is 0.956. The molecule has 2 saturated heterocycles. The molecule has 2 rings (SSSR count). The lowest BCUT2D eigenvalue weighted by molar-refractivity contribution is 0.281. The third-order valence-corrected chi connectivity index (χ3v) is 5.17. The molecule has 2 heterocycles. The molecule has 0 amide bonds. The van der Waals surface area contributed by atoms with Crippen molar-refractivity contribution in [2.45, 2.75) is 17.7 Å². The highest BCUT2D eigenvalue weighted by atomic mass is 35.5. The topological polar surface area (TPSA) is 37.4 Å². The molecule has 0 aromatic heterocycles. The van der Waals surface area contributed by atoms with Crippen LogP contribution in [0.1, 0.15) is 6.42 Å². The Morgan fingerprint density at radius 1 is 1.50 bits per heavy atom. The first-order valence-corrected chi connectivity index (χ1v) is 6.40. The van der Waals surface area contributed by atoms with Gasteiger partial charge in [0.25, 0.3) is 0 Å². The van der Waals surface area contributed by atoms with Gasteiger partial charge in [0, 0.05) is 25.0 Å². The summed E-state index contributed by atoms with van der Waals surface area (Å²) in [5.41, 5.74) is 0. The third-order valence-electron chi connectivity index (χ3n) is 2.79. The van der Waals surface area contributed by atoms with Crippen molar-refractivity contribution >= 4 is 21.4 Å². The van der Waals surface area contributed by atoms with E-state index >= 15 is 0 Å². The molecular weight excluding hydrogens is 198 g/mol. The first-order valence-electron chi connectivity index (χ1n) is 4.15. The van der Waals surface area contributed by atoms with Gasteiger partial charge in [-0.1, -0.05) is 0 Å². The number of rotatable bonds is 2. The number of likely N-dealkylation sites (tertiary alicyclic amines) is 1. The molecule has 0 spiro atoms. The number of halogens is 1. The Bertz CT molecular complexity index is 277. The summed E-state index contributed by atoms with van der Waals surface area (Å²) >= 11 is 5.60. The van der Waals surface area contributed by atoms with Gasteiger partial charge in [0.1, 0.15) is 0 Å². The van der Waals surface area contributed by atoms with Crippen LogP contribution in [-0.2, 0) is 9.84 Å². The molecule has 3 nitrogen and oxygen atoms in total. The number of alkyl halides is 1. The highest BCUT2D eigenvalue weighted by Crippen LogP contribution is 2.32. The largest absolute Gasteiger partial charge is 0.297 e. The molecule has 70 valence electrons. The van der Waals surface area contributed by atoms with E-state index in [1.807, 2.05) is 0 Å². The number of nitrogens with zero attached hydrogens (tertiary/aromatic N) is 1. The van der Waals surface area contributed by atoms with Crippen LogP contribution in [-0.4, -0.2) is 49.3 Å². The molecule has 12 heavy (non-hydrogen) atoms. The lowest BCUT2D eigenvalue weighted by atomic mass is 10.2. The molecule has 5 heteroatoms. The third kappa shape index (κ3) is 1.26. The molecule has 0 aromatic rings. The minimum absolute atomic E-state index is 0.0919. The van der Waals surface area contributed by atoms with Gasteiger partial charge in [0.05, 0.1) is 11.0 Å². The predicted octanol–water partition coefficient (Wildman–Crippen LogP) is 0.0965. The van der Waals surface area contributed by atoms with E-state index in [0.29, 0.717) is 18.2 Å². The minimum Gasteiger partial charge on any atom is -0.297 e. The Labute approximate surface area is 77.6 Å². The molecule has 0 N–H and O–H groups in total. The van der Waals surface area contributed by atoms with Crippen molar-refractivity contribution in [3.63, 3.8) is 0 Å². The van der Waals surface area contributed by atoms with Gasteiger partial charge in [-0.25, -0.2) is 8.42 Å². The van der Waals surface area contributed by atoms with Gasteiger partial charge in [-0.05, 0) is 6.42 Å². The summed E-state index contributed by atoms with van der Waals surface area (Å²) in [5, 5.41) is -0.0919. The van der Waals surface area contributed by atoms with E-state index in [1.165, 1.54) is 0 Å². The van der Waals surface area contributed by atoms with Crippen molar-refractivity contribution in [3.05, 3.63) is 0 Å². The molecule has 2 atom stereocenters. The molecule has 2 bridgehead atoms. The van der Waals surface area contributed by atoms with Crippen molar-refractivity contribution in [3.8, 4) is 0 Å². The molecule has 2 unspecified atom stereocenters. The number of fused-ring (bicyclic) bond motifs is 2. The van der Waals surface area contributed by atoms with Gasteiger partial charge < -0.3 is 0 Å². The van der Waals surface area contributed by atoms with Crippen molar-refractivity contribution in [2.24, 2.45) is 0 Å². The maximum absolute atomic E-state index is 11.3. The zero-order valence-corrected chi connectivity index (χ0v) is 8.31. The van der Waals surface area contributed by atoms with E-state index in [0.717, 1.165) is 13.0 Å². The molecule has 0 saturated carbocycles. The molecule has 0 radical (unpaired) electrons. The van der Waals surface area contributed by atoms with Crippen LogP contribution in [0.4, 0.5) is 0 Å². The van der Waals surface area contributed by atoms with Crippen molar-refractivity contribution < 1.29 is 8.42 Å². The SMILES string of the molecule is O=S1(=O)CC2CC1CN2CCCl. The zero-order valence-electron chi connectivity index (χ0n) is 6.74. The lowest BCUT2D eigenvalue weighted by Gasteiger charge is -2.25. The quantitative estimate of drug-likeness (QED) is 0.606. The van der Waals surface area contributed by atoms with Gasteiger partial charge in [0.15, 0.2) is 9.84 Å². The average Bonchev–Trinajstić information content (AvgIpc) is 2.44. The van der Waals surface area contributed by atoms with Crippen molar-refractivity contribution in [1.82, 2.24) is 4.90 Å². The Balaban J connectivity index is 2.08. The van der Waals surface area contributed by atoms with E-state index in [1.54, 1.807) is 0 Å². The smallest absolute Gasteiger partial charge is 0.156 e. The van der Waals surface area contributed by atoms with E-state index in [4.69, 9.17) is 11.6 Å². The van der Waals surface area contributed by atoms with Gasteiger partial charge in [-0.2, -0.15) is 0 Å². The molecular formula is C7H12ClNO2S. The normalized spacial score (nSPS) is 39.1. The fourth-order valence-corrected chi connectivity index (χ4v) is 4.46. The standard InChI is InChI=1S/C7H12ClNO2S/c8-1-2-9-4-7-3-6(9)5-12(7,10)11/h6-7H,1-5H2. The molecule has 2 aliphatic heterocycles. The Hall–Kier alpha value is 0.200. The molecule has 2 aliphatic rings. The summed E-state index contributed by atoms with van der Waals surface area (Å²) < 4.78 is 22.6. The van der Waals surface area contributed by atoms with Crippen LogP contribution in [0.15, 0.2) is 0 Å². The second-order valence-electron chi connectivity index (χ2n) is 3.52. The maximum atomic E-state index is 11.3.